The number of likely N-dealkylation sites (tertiary alicyclic amines) is 1. The molecule has 2 aromatic carbocycles. The van der Waals surface area contributed by atoms with Gasteiger partial charge in [0.15, 0.2) is 0 Å². The summed E-state index contributed by atoms with van der Waals surface area (Å²) in [7, 11) is 1.75. The molecule has 1 amide bonds. The predicted octanol–water partition coefficient (Wildman–Crippen LogP) is 3.23. The third-order valence-electron chi connectivity index (χ3n) is 6.25. The van der Waals surface area contributed by atoms with Gasteiger partial charge in [0.25, 0.3) is 0 Å². The molecule has 0 radical (unpaired) electrons. The fourth-order valence-corrected chi connectivity index (χ4v) is 4.62. The van der Waals surface area contributed by atoms with Gasteiger partial charge in [-0.3, -0.25) is 13.9 Å². The van der Waals surface area contributed by atoms with Gasteiger partial charge in [-0.1, -0.05) is 30.3 Å². The minimum Gasteiger partial charge on any atom is -0.361 e. The minimum atomic E-state index is -0.145. The number of H-pyrrole nitrogens is 1. The number of benzene rings is 2. The molecule has 1 aliphatic rings. The number of nitrogens with zero attached hydrogens (tertiary/aromatic N) is 3. The molecule has 0 spiro atoms. The maximum absolute atomic E-state index is 12.9. The minimum absolute atomic E-state index is 0.0147. The summed E-state index contributed by atoms with van der Waals surface area (Å²) >= 11 is 0. The highest BCUT2D eigenvalue weighted by atomic mass is 16.2. The van der Waals surface area contributed by atoms with Crippen molar-refractivity contribution in [2.75, 3.05) is 13.1 Å². The summed E-state index contributed by atoms with van der Waals surface area (Å²) in [6, 6.07) is 16.0. The van der Waals surface area contributed by atoms with E-state index in [9.17, 15) is 9.59 Å². The van der Waals surface area contributed by atoms with E-state index in [0.717, 1.165) is 42.5 Å². The average Bonchev–Trinajstić information content (AvgIpc) is 3.29. The van der Waals surface area contributed by atoms with Gasteiger partial charge in [-0.2, -0.15) is 0 Å². The fraction of sp³-hybridized carbons (Fsp3) is 0.304. The molecule has 0 bridgehead atoms. The van der Waals surface area contributed by atoms with Gasteiger partial charge >= 0.3 is 5.69 Å². The molecule has 5 rings (SSSR count). The summed E-state index contributed by atoms with van der Waals surface area (Å²) in [4.78, 5) is 30.8. The highest BCUT2D eigenvalue weighted by molar-refractivity contribution is 5.84. The zero-order valence-electron chi connectivity index (χ0n) is 16.5. The van der Waals surface area contributed by atoms with Gasteiger partial charge in [0.1, 0.15) is 6.54 Å². The quantitative estimate of drug-likeness (QED) is 0.586. The van der Waals surface area contributed by atoms with E-state index in [1.165, 1.54) is 10.9 Å². The van der Waals surface area contributed by atoms with Crippen LogP contribution in [0, 0.1) is 0 Å². The van der Waals surface area contributed by atoms with Crippen LogP contribution in [0.1, 0.15) is 24.3 Å². The van der Waals surface area contributed by atoms with Crippen LogP contribution in [0.5, 0.6) is 0 Å². The molecule has 4 aromatic rings. The first-order chi connectivity index (χ1) is 14.1. The molecule has 1 fully saturated rings. The second-order valence-corrected chi connectivity index (χ2v) is 7.86. The second kappa shape index (κ2) is 6.95. The number of aromatic amines is 1. The van der Waals surface area contributed by atoms with Crippen molar-refractivity contribution in [2.24, 2.45) is 7.05 Å². The van der Waals surface area contributed by atoms with Gasteiger partial charge in [-0.05, 0) is 42.5 Å². The van der Waals surface area contributed by atoms with Crippen LogP contribution in [0.4, 0.5) is 0 Å². The lowest BCUT2D eigenvalue weighted by Crippen LogP contribution is -2.41. The smallest absolute Gasteiger partial charge is 0.329 e. The molecule has 29 heavy (non-hydrogen) atoms. The molecule has 3 heterocycles. The van der Waals surface area contributed by atoms with Crippen molar-refractivity contribution in [2.45, 2.75) is 25.3 Å². The van der Waals surface area contributed by atoms with Crippen LogP contribution in [0.3, 0.4) is 0 Å². The lowest BCUT2D eigenvalue weighted by Gasteiger charge is -2.32. The Balaban J connectivity index is 1.31. The molecule has 148 valence electrons. The van der Waals surface area contributed by atoms with Crippen molar-refractivity contribution in [3.8, 4) is 0 Å². The molecule has 1 aliphatic heterocycles. The molecule has 6 heteroatoms. The third-order valence-corrected chi connectivity index (χ3v) is 6.25. The number of fused-ring (bicyclic) bond motifs is 2. The van der Waals surface area contributed by atoms with E-state index in [-0.39, 0.29) is 18.1 Å². The maximum Gasteiger partial charge on any atom is 0.329 e. The zero-order valence-corrected chi connectivity index (χ0v) is 16.5. The van der Waals surface area contributed by atoms with Crippen LogP contribution in [-0.4, -0.2) is 38.0 Å². The molecule has 1 saturated heterocycles. The van der Waals surface area contributed by atoms with Crippen LogP contribution in [0.15, 0.2) is 59.5 Å². The number of hydrogen-bond donors (Lipinski definition) is 1. The van der Waals surface area contributed by atoms with Crippen LogP contribution in [-0.2, 0) is 18.4 Å². The maximum atomic E-state index is 12.9. The number of amides is 1. The van der Waals surface area contributed by atoms with Gasteiger partial charge in [-0.15, -0.1) is 0 Å². The molecule has 2 aromatic heterocycles. The van der Waals surface area contributed by atoms with Crippen molar-refractivity contribution in [3.05, 3.63) is 70.8 Å². The van der Waals surface area contributed by atoms with E-state index in [1.807, 2.05) is 35.2 Å². The number of hydrogen-bond acceptors (Lipinski definition) is 2. The largest absolute Gasteiger partial charge is 0.361 e. The van der Waals surface area contributed by atoms with Gasteiger partial charge < -0.3 is 9.88 Å². The molecule has 0 saturated carbocycles. The van der Waals surface area contributed by atoms with Gasteiger partial charge in [0.05, 0.1) is 11.0 Å². The lowest BCUT2D eigenvalue weighted by molar-refractivity contribution is -0.132. The van der Waals surface area contributed by atoms with E-state index in [4.69, 9.17) is 0 Å². The Hall–Kier alpha value is -3.28. The van der Waals surface area contributed by atoms with Crippen LogP contribution in [0.2, 0.25) is 0 Å². The molecule has 0 aliphatic carbocycles. The topological polar surface area (TPSA) is 63.0 Å². The Morgan fingerprint density at radius 2 is 1.72 bits per heavy atom. The Bertz CT molecular complexity index is 1250. The first-order valence-corrected chi connectivity index (χ1v) is 10.1. The number of carbonyl (C=O) groups is 1. The van der Waals surface area contributed by atoms with Crippen molar-refractivity contribution in [1.29, 1.82) is 0 Å². The number of rotatable bonds is 3. The highest BCUT2D eigenvalue weighted by Gasteiger charge is 2.26. The number of nitrogens with one attached hydrogen (secondary N) is 1. The third kappa shape index (κ3) is 2.95. The number of para-hydroxylation sites is 3. The SMILES string of the molecule is Cn1c(=O)n(CC(=O)N2CCC(c3c[nH]c4ccccc34)CC2)c2ccccc21. The number of piperidine rings is 1. The summed E-state index contributed by atoms with van der Waals surface area (Å²) in [5.74, 6) is 0.469. The Morgan fingerprint density at radius 3 is 2.52 bits per heavy atom. The normalized spacial score (nSPS) is 15.4. The first kappa shape index (κ1) is 17.8. The Kier molecular flexibility index (Phi) is 4.27. The molecular formula is C23H24N4O2. The molecule has 0 unspecified atom stereocenters. The number of carbonyl (C=O) groups excluding carboxylic acids is 1. The summed E-state index contributed by atoms with van der Waals surface area (Å²) < 4.78 is 3.19. The fourth-order valence-electron chi connectivity index (χ4n) is 4.62. The lowest BCUT2D eigenvalue weighted by atomic mass is 9.89. The molecule has 6 nitrogen and oxygen atoms in total. The monoisotopic (exact) mass is 388 g/mol. The summed E-state index contributed by atoms with van der Waals surface area (Å²) in [6.45, 7) is 1.54. The van der Waals surface area contributed by atoms with Crippen molar-refractivity contribution in [3.63, 3.8) is 0 Å². The van der Waals surface area contributed by atoms with Gasteiger partial charge in [0.2, 0.25) is 5.91 Å². The molecular weight excluding hydrogens is 364 g/mol. The van der Waals surface area contributed by atoms with Gasteiger partial charge in [0, 0.05) is 37.2 Å². The van der Waals surface area contributed by atoms with Crippen molar-refractivity contribution in [1.82, 2.24) is 19.0 Å². The van der Waals surface area contributed by atoms with Crippen LogP contribution < -0.4 is 5.69 Å². The molecule has 0 atom stereocenters. The summed E-state index contributed by atoms with van der Waals surface area (Å²) in [5, 5.41) is 1.28. The average molecular weight is 388 g/mol. The van der Waals surface area contributed by atoms with E-state index in [2.05, 4.69) is 29.4 Å². The number of aromatic nitrogens is 3. The first-order valence-electron chi connectivity index (χ1n) is 10.1. The van der Waals surface area contributed by atoms with Crippen LogP contribution >= 0.6 is 0 Å². The van der Waals surface area contributed by atoms with E-state index < -0.39 is 0 Å². The Labute approximate surface area is 168 Å². The highest BCUT2D eigenvalue weighted by Crippen LogP contribution is 2.33. The number of aryl methyl sites for hydroxylation is 1. The van der Waals surface area contributed by atoms with E-state index >= 15 is 0 Å². The van der Waals surface area contributed by atoms with Gasteiger partial charge in [-0.25, -0.2) is 4.79 Å². The predicted molar refractivity (Wildman–Crippen MR) is 114 cm³/mol. The number of imidazole rings is 1. The Morgan fingerprint density at radius 1 is 1.03 bits per heavy atom. The zero-order chi connectivity index (χ0) is 20.0. The summed E-state index contributed by atoms with van der Waals surface area (Å²) in [5.41, 5.74) is 4.02. The van der Waals surface area contributed by atoms with Crippen LogP contribution in [0.25, 0.3) is 21.9 Å². The van der Waals surface area contributed by atoms with Crippen molar-refractivity contribution >= 4 is 27.8 Å². The molecule has 1 N–H and O–H groups in total. The van der Waals surface area contributed by atoms with E-state index in [1.54, 1.807) is 16.2 Å². The standard InChI is InChI=1S/C23H24N4O2/c1-25-20-8-4-5-9-21(20)27(23(25)29)15-22(28)26-12-10-16(11-13-26)18-14-24-19-7-3-2-6-17(18)19/h2-9,14,16,24H,10-13,15H2,1H3. The second-order valence-electron chi connectivity index (χ2n) is 7.86. The van der Waals surface area contributed by atoms with Crippen molar-refractivity contribution < 1.29 is 4.79 Å². The van der Waals surface area contributed by atoms with E-state index in [0.29, 0.717) is 5.92 Å². The summed E-state index contributed by atoms with van der Waals surface area (Å²) in [6.07, 6.45) is 4.00.